The Hall–Kier alpha value is -3.08. The molecule has 24 heavy (non-hydrogen) atoms. The normalized spacial score (nSPS) is 10.4. The third-order valence-electron chi connectivity index (χ3n) is 3.38. The number of carbonyl (C=O) groups is 1. The molecule has 0 radical (unpaired) electrons. The van der Waals surface area contributed by atoms with Gasteiger partial charge in [-0.1, -0.05) is 47.6 Å². The van der Waals surface area contributed by atoms with E-state index in [1.54, 1.807) is 13.0 Å². The van der Waals surface area contributed by atoms with Crippen LogP contribution in [0.3, 0.4) is 0 Å². The number of ether oxygens (including phenoxy) is 2. The summed E-state index contributed by atoms with van der Waals surface area (Å²) < 4.78 is 16.1. The van der Waals surface area contributed by atoms with Crippen LogP contribution in [-0.2, 0) is 11.3 Å². The van der Waals surface area contributed by atoms with Gasteiger partial charge in [0.15, 0.2) is 11.5 Å². The number of benzene rings is 2. The quantitative estimate of drug-likeness (QED) is 0.639. The van der Waals surface area contributed by atoms with Gasteiger partial charge in [-0.15, -0.1) is 0 Å². The molecule has 1 heterocycles. The van der Waals surface area contributed by atoms with Crippen molar-refractivity contribution >= 4 is 5.97 Å². The number of hydrogen-bond donors (Lipinski definition) is 0. The summed E-state index contributed by atoms with van der Waals surface area (Å²) in [7, 11) is 0. The average Bonchev–Trinajstić information content (AvgIpc) is 3.11. The molecular weight excluding hydrogens is 306 g/mol. The molecule has 0 atom stereocenters. The van der Waals surface area contributed by atoms with Crippen LogP contribution in [0, 0.1) is 0 Å². The van der Waals surface area contributed by atoms with Gasteiger partial charge >= 0.3 is 5.97 Å². The van der Waals surface area contributed by atoms with E-state index in [9.17, 15) is 4.79 Å². The molecule has 3 aromatic rings. The Morgan fingerprint density at radius 3 is 2.62 bits per heavy atom. The molecule has 0 fully saturated rings. The average molecular weight is 323 g/mol. The molecule has 5 heteroatoms. The lowest BCUT2D eigenvalue weighted by molar-refractivity contribution is 0.0514. The lowest BCUT2D eigenvalue weighted by Gasteiger charge is -2.09. The van der Waals surface area contributed by atoms with Crippen LogP contribution < -0.4 is 4.74 Å². The maximum Gasteiger partial charge on any atom is 0.360 e. The largest absolute Gasteiger partial charge is 0.488 e. The van der Waals surface area contributed by atoms with Crippen LogP contribution in [0.2, 0.25) is 0 Å². The fraction of sp³-hybridized carbons (Fsp3) is 0.158. The zero-order chi connectivity index (χ0) is 16.8. The molecule has 5 nitrogen and oxygen atoms in total. The summed E-state index contributed by atoms with van der Waals surface area (Å²) in [6.07, 6.45) is 0. The molecule has 2 aromatic carbocycles. The van der Waals surface area contributed by atoms with Gasteiger partial charge in [0.25, 0.3) is 0 Å². The fourth-order valence-corrected chi connectivity index (χ4v) is 2.23. The first-order valence-corrected chi connectivity index (χ1v) is 7.68. The predicted molar refractivity (Wildman–Crippen MR) is 88.7 cm³/mol. The van der Waals surface area contributed by atoms with Crippen molar-refractivity contribution in [3.8, 4) is 17.1 Å². The van der Waals surface area contributed by atoms with Gasteiger partial charge in [-0.05, 0) is 24.6 Å². The van der Waals surface area contributed by atoms with E-state index in [2.05, 4.69) is 5.16 Å². The van der Waals surface area contributed by atoms with Gasteiger partial charge < -0.3 is 14.0 Å². The topological polar surface area (TPSA) is 61.6 Å². The Bertz CT molecular complexity index is 811. The van der Waals surface area contributed by atoms with Crippen LogP contribution >= 0.6 is 0 Å². The van der Waals surface area contributed by atoms with Gasteiger partial charge in [0.05, 0.1) is 12.2 Å². The monoisotopic (exact) mass is 323 g/mol. The molecule has 0 spiro atoms. The number of para-hydroxylation sites is 1. The Morgan fingerprint density at radius 1 is 1.08 bits per heavy atom. The zero-order valence-corrected chi connectivity index (χ0v) is 13.3. The molecule has 3 rings (SSSR count). The molecule has 0 amide bonds. The van der Waals surface area contributed by atoms with Crippen LogP contribution in [0.25, 0.3) is 11.3 Å². The number of esters is 1. The second-order valence-corrected chi connectivity index (χ2v) is 5.07. The first-order chi connectivity index (χ1) is 11.8. The Morgan fingerprint density at radius 2 is 1.83 bits per heavy atom. The van der Waals surface area contributed by atoms with Crippen LogP contribution in [0.5, 0.6) is 5.75 Å². The molecule has 1 aromatic heterocycles. The summed E-state index contributed by atoms with van der Waals surface area (Å²) in [5, 5.41) is 3.77. The van der Waals surface area contributed by atoms with E-state index in [0.717, 1.165) is 11.1 Å². The predicted octanol–water partition coefficient (Wildman–Crippen LogP) is 4.10. The van der Waals surface area contributed by atoms with Crippen molar-refractivity contribution in [1.82, 2.24) is 5.16 Å². The van der Waals surface area contributed by atoms with E-state index >= 15 is 0 Å². The van der Waals surface area contributed by atoms with Gasteiger partial charge in [-0.3, -0.25) is 0 Å². The number of nitrogens with zero attached hydrogens (tertiary/aromatic N) is 1. The highest BCUT2D eigenvalue weighted by Gasteiger charge is 2.17. The minimum absolute atomic E-state index is 0.143. The SMILES string of the molecule is CCOC(=O)c1cc(-c2ccccc2OCc2ccccc2)on1. The van der Waals surface area contributed by atoms with Crippen molar-refractivity contribution in [2.24, 2.45) is 0 Å². The number of hydrogen-bond acceptors (Lipinski definition) is 5. The van der Waals surface area contributed by atoms with Crippen LogP contribution in [0.15, 0.2) is 65.2 Å². The molecule has 0 bridgehead atoms. The Labute approximate surface area is 139 Å². The smallest absolute Gasteiger partial charge is 0.360 e. The standard InChI is InChI=1S/C19H17NO4/c1-2-22-19(21)16-12-18(24-20-16)15-10-6-7-11-17(15)23-13-14-8-4-3-5-9-14/h3-12H,2,13H2,1H3. The zero-order valence-electron chi connectivity index (χ0n) is 13.3. The van der Waals surface area contributed by atoms with Crippen molar-refractivity contribution < 1.29 is 18.8 Å². The van der Waals surface area contributed by atoms with E-state index in [-0.39, 0.29) is 12.3 Å². The fourth-order valence-electron chi connectivity index (χ4n) is 2.23. The molecule has 0 unspecified atom stereocenters. The lowest BCUT2D eigenvalue weighted by Crippen LogP contribution is -2.04. The molecule has 0 N–H and O–H groups in total. The summed E-state index contributed by atoms with van der Waals surface area (Å²) in [4.78, 5) is 11.7. The third kappa shape index (κ3) is 3.63. The molecule has 0 aliphatic rings. The minimum atomic E-state index is -0.504. The first kappa shape index (κ1) is 15.8. The minimum Gasteiger partial charge on any atom is -0.488 e. The van der Waals surface area contributed by atoms with E-state index in [4.69, 9.17) is 14.0 Å². The highest BCUT2D eigenvalue weighted by atomic mass is 16.5. The second-order valence-electron chi connectivity index (χ2n) is 5.07. The summed E-state index contributed by atoms with van der Waals surface area (Å²) in [6, 6.07) is 18.9. The van der Waals surface area contributed by atoms with Crippen molar-refractivity contribution in [1.29, 1.82) is 0 Å². The number of aromatic nitrogens is 1. The number of rotatable bonds is 6. The number of carbonyl (C=O) groups excluding carboxylic acids is 1. The van der Waals surface area contributed by atoms with E-state index < -0.39 is 5.97 Å². The van der Waals surface area contributed by atoms with Gasteiger partial charge in [0.1, 0.15) is 12.4 Å². The van der Waals surface area contributed by atoms with Gasteiger partial charge in [-0.25, -0.2) is 4.79 Å². The third-order valence-corrected chi connectivity index (χ3v) is 3.38. The highest BCUT2D eigenvalue weighted by Crippen LogP contribution is 2.31. The van der Waals surface area contributed by atoms with E-state index in [1.807, 2.05) is 54.6 Å². The van der Waals surface area contributed by atoms with Gasteiger partial charge in [0.2, 0.25) is 0 Å². The molecule has 122 valence electrons. The van der Waals surface area contributed by atoms with E-state index in [1.165, 1.54) is 0 Å². The lowest BCUT2D eigenvalue weighted by atomic mass is 10.1. The summed E-state index contributed by atoms with van der Waals surface area (Å²) in [5.74, 6) is 0.616. The summed E-state index contributed by atoms with van der Waals surface area (Å²) in [6.45, 7) is 2.47. The Kier molecular flexibility index (Phi) is 4.91. The summed E-state index contributed by atoms with van der Waals surface area (Å²) in [5.41, 5.74) is 1.94. The highest BCUT2D eigenvalue weighted by molar-refractivity contribution is 5.88. The molecule has 0 saturated heterocycles. The van der Waals surface area contributed by atoms with Gasteiger partial charge in [0, 0.05) is 6.07 Å². The van der Waals surface area contributed by atoms with E-state index in [0.29, 0.717) is 18.1 Å². The maximum absolute atomic E-state index is 11.7. The summed E-state index contributed by atoms with van der Waals surface area (Å²) >= 11 is 0. The molecule has 0 aliphatic heterocycles. The Balaban J connectivity index is 1.80. The van der Waals surface area contributed by atoms with Crippen LogP contribution in [0.1, 0.15) is 23.0 Å². The maximum atomic E-state index is 11.7. The first-order valence-electron chi connectivity index (χ1n) is 7.68. The molecular formula is C19H17NO4. The molecule has 0 saturated carbocycles. The van der Waals surface area contributed by atoms with Crippen molar-refractivity contribution in [3.05, 3.63) is 71.9 Å². The molecule has 0 aliphatic carbocycles. The second kappa shape index (κ2) is 7.46. The van der Waals surface area contributed by atoms with Crippen molar-refractivity contribution in [2.75, 3.05) is 6.61 Å². The van der Waals surface area contributed by atoms with Gasteiger partial charge in [-0.2, -0.15) is 0 Å². The van der Waals surface area contributed by atoms with Crippen molar-refractivity contribution in [3.63, 3.8) is 0 Å². The van der Waals surface area contributed by atoms with Crippen LogP contribution in [0.4, 0.5) is 0 Å². The van der Waals surface area contributed by atoms with Crippen molar-refractivity contribution in [2.45, 2.75) is 13.5 Å². The van der Waals surface area contributed by atoms with Crippen LogP contribution in [-0.4, -0.2) is 17.7 Å².